The molecule has 122 valence electrons. The maximum absolute atomic E-state index is 12.1. The Balaban J connectivity index is 1.82. The van der Waals surface area contributed by atoms with Gasteiger partial charge in [-0.15, -0.1) is 0 Å². The highest BCUT2D eigenvalue weighted by Crippen LogP contribution is 2.16. The van der Waals surface area contributed by atoms with Crippen LogP contribution in [0.5, 0.6) is 5.75 Å². The molecule has 2 aromatic rings. The maximum Gasteiger partial charge on any atom is 0.260 e. The summed E-state index contributed by atoms with van der Waals surface area (Å²) in [6.45, 7) is 2.12. The number of carbonyl (C=O) groups excluding carboxylic acids is 1. The van der Waals surface area contributed by atoms with E-state index in [-0.39, 0.29) is 12.5 Å². The highest BCUT2D eigenvalue weighted by atomic mass is 35.5. The minimum atomic E-state index is -0.616. The quantitative estimate of drug-likeness (QED) is 0.819. The summed E-state index contributed by atoms with van der Waals surface area (Å²) >= 11 is 6.08. The molecule has 1 atom stereocenters. The normalized spacial score (nSPS) is 11.8. The SMILES string of the molecule is CC(Oc1cccc(CO)c1)C(=O)NCCc1ccccc1Cl. The number of benzene rings is 2. The predicted molar refractivity (Wildman–Crippen MR) is 90.6 cm³/mol. The van der Waals surface area contributed by atoms with Crippen LogP contribution in [-0.4, -0.2) is 23.7 Å². The van der Waals surface area contributed by atoms with Gasteiger partial charge < -0.3 is 15.2 Å². The van der Waals surface area contributed by atoms with E-state index in [9.17, 15) is 4.79 Å². The Labute approximate surface area is 141 Å². The summed E-state index contributed by atoms with van der Waals surface area (Å²) in [6, 6.07) is 14.6. The van der Waals surface area contributed by atoms with Crippen molar-refractivity contribution in [3.05, 3.63) is 64.7 Å². The fraction of sp³-hybridized carbons (Fsp3) is 0.278. The van der Waals surface area contributed by atoms with Crippen molar-refractivity contribution in [2.24, 2.45) is 0 Å². The third kappa shape index (κ3) is 5.27. The van der Waals surface area contributed by atoms with Crippen LogP contribution < -0.4 is 10.1 Å². The van der Waals surface area contributed by atoms with Gasteiger partial charge >= 0.3 is 0 Å². The molecule has 5 heteroatoms. The Morgan fingerprint density at radius 1 is 1.26 bits per heavy atom. The molecule has 0 aromatic heterocycles. The molecule has 0 heterocycles. The molecule has 4 nitrogen and oxygen atoms in total. The number of rotatable bonds is 7. The molecule has 1 unspecified atom stereocenters. The second kappa shape index (κ2) is 8.56. The number of aliphatic hydroxyl groups is 1. The van der Waals surface area contributed by atoms with E-state index in [1.54, 1.807) is 31.2 Å². The Hall–Kier alpha value is -2.04. The van der Waals surface area contributed by atoms with Gasteiger partial charge in [0.1, 0.15) is 5.75 Å². The van der Waals surface area contributed by atoms with Gasteiger partial charge in [-0.2, -0.15) is 0 Å². The molecule has 2 N–H and O–H groups in total. The molecule has 2 rings (SSSR count). The molecule has 0 saturated carbocycles. The van der Waals surface area contributed by atoms with E-state index in [1.807, 2.05) is 24.3 Å². The lowest BCUT2D eigenvalue weighted by Crippen LogP contribution is -2.37. The maximum atomic E-state index is 12.1. The Morgan fingerprint density at radius 3 is 2.78 bits per heavy atom. The molecule has 1 amide bonds. The fourth-order valence-corrected chi connectivity index (χ4v) is 2.37. The van der Waals surface area contributed by atoms with E-state index in [4.69, 9.17) is 21.4 Å². The molecule has 0 spiro atoms. The van der Waals surface area contributed by atoms with Crippen LogP contribution in [0.4, 0.5) is 0 Å². The van der Waals surface area contributed by atoms with Gasteiger partial charge in [-0.1, -0.05) is 41.9 Å². The first kappa shape index (κ1) is 17.3. The van der Waals surface area contributed by atoms with E-state index < -0.39 is 6.10 Å². The topological polar surface area (TPSA) is 58.6 Å². The number of hydrogen-bond donors (Lipinski definition) is 2. The zero-order valence-corrected chi connectivity index (χ0v) is 13.7. The average Bonchev–Trinajstić information content (AvgIpc) is 2.56. The van der Waals surface area contributed by atoms with Crippen LogP contribution in [-0.2, 0) is 17.8 Å². The first-order valence-corrected chi connectivity index (χ1v) is 7.85. The number of aliphatic hydroxyl groups excluding tert-OH is 1. The molecule has 2 aromatic carbocycles. The molecular weight excluding hydrogens is 314 g/mol. The number of halogens is 1. The van der Waals surface area contributed by atoms with Crippen molar-refractivity contribution < 1.29 is 14.6 Å². The van der Waals surface area contributed by atoms with Gasteiger partial charge in [0.05, 0.1) is 6.61 Å². The minimum Gasteiger partial charge on any atom is -0.481 e. The molecule has 0 radical (unpaired) electrons. The van der Waals surface area contributed by atoms with E-state index in [1.165, 1.54) is 0 Å². The van der Waals surface area contributed by atoms with Gasteiger partial charge in [0, 0.05) is 11.6 Å². The van der Waals surface area contributed by atoms with Crippen LogP contribution in [0.25, 0.3) is 0 Å². The second-order valence-corrected chi connectivity index (χ2v) is 5.61. The van der Waals surface area contributed by atoms with Gasteiger partial charge in [0.15, 0.2) is 6.10 Å². The number of ether oxygens (including phenoxy) is 1. The summed E-state index contributed by atoms with van der Waals surface area (Å²) in [5, 5.41) is 12.6. The first-order chi connectivity index (χ1) is 11.1. The summed E-state index contributed by atoms with van der Waals surface area (Å²) in [7, 11) is 0. The lowest BCUT2D eigenvalue weighted by molar-refractivity contribution is -0.127. The highest BCUT2D eigenvalue weighted by Gasteiger charge is 2.14. The smallest absolute Gasteiger partial charge is 0.260 e. The lowest BCUT2D eigenvalue weighted by Gasteiger charge is -2.15. The van der Waals surface area contributed by atoms with Crippen molar-refractivity contribution in [1.82, 2.24) is 5.32 Å². The lowest BCUT2D eigenvalue weighted by atomic mass is 10.1. The molecule has 23 heavy (non-hydrogen) atoms. The van der Waals surface area contributed by atoms with Gasteiger partial charge in [0.2, 0.25) is 0 Å². The van der Waals surface area contributed by atoms with Crippen LogP contribution in [0.15, 0.2) is 48.5 Å². The van der Waals surface area contributed by atoms with Crippen LogP contribution >= 0.6 is 11.6 Å². The van der Waals surface area contributed by atoms with Crippen molar-refractivity contribution >= 4 is 17.5 Å². The molecule has 0 aliphatic carbocycles. The summed E-state index contributed by atoms with van der Waals surface area (Å²) in [4.78, 5) is 12.1. The monoisotopic (exact) mass is 333 g/mol. The van der Waals surface area contributed by atoms with E-state index in [0.29, 0.717) is 23.7 Å². The minimum absolute atomic E-state index is 0.0599. The molecule has 0 fully saturated rings. The Kier molecular flexibility index (Phi) is 6.44. The van der Waals surface area contributed by atoms with Crippen molar-refractivity contribution in [3.8, 4) is 5.75 Å². The number of carbonyl (C=O) groups is 1. The second-order valence-electron chi connectivity index (χ2n) is 5.20. The number of nitrogens with one attached hydrogen (secondary N) is 1. The van der Waals surface area contributed by atoms with Crippen molar-refractivity contribution in [2.75, 3.05) is 6.54 Å². The first-order valence-electron chi connectivity index (χ1n) is 7.47. The Morgan fingerprint density at radius 2 is 2.04 bits per heavy atom. The highest BCUT2D eigenvalue weighted by molar-refractivity contribution is 6.31. The van der Waals surface area contributed by atoms with Crippen molar-refractivity contribution in [2.45, 2.75) is 26.1 Å². The van der Waals surface area contributed by atoms with Crippen LogP contribution in [0.2, 0.25) is 5.02 Å². The van der Waals surface area contributed by atoms with Gasteiger partial charge in [-0.25, -0.2) is 0 Å². The van der Waals surface area contributed by atoms with Crippen molar-refractivity contribution in [1.29, 1.82) is 0 Å². The number of amides is 1. The summed E-state index contributed by atoms with van der Waals surface area (Å²) in [5.41, 5.74) is 1.74. The van der Waals surface area contributed by atoms with Crippen molar-refractivity contribution in [3.63, 3.8) is 0 Å². The van der Waals surface area contributed by atoms with E-state index in [2.05, 4.69) is 5.32 Å². The Bertz CT molecular complexity index is 660. The zero-order chi connectivity index (χ0) is 16.7. The third-order valence-corrected chi connectivity index (χ3v) is 3.78. The van der Waals surface area contributed by atoms with Crippen LogP contribution in [0, 0.1) is 0 Å². The zero-order valence-electron chi connectivity index (χ0n) is 13.0. The molecule has 0 saturated heterocycles. The summed E-state index contributed by atoms with van der Waals surface area (Å²) < 4.78 is 5.60. The van der Waals surface area contributed by atoms with Crippen LogP contribution in [0.1, 0.15) is 18.1 Å². The summed E-state index contributed by atoms with van der Waals surface area (Å²) in [5.74, 6) is 0.372. The van der Waals surface area contributed by atoms with Gasteiger partial charge in [-0.05, 0) is 42.7 Å². The number of hydrogen-bond acceptors (Lipinski definition) is 3. The predicted octanol–water partition coefficient (Wildman–Crippen LogP) is 2.96. The van der Waals surface area contributed by atoms with E-state index >= 15 is 0 Å². The fourth-order valence-electron chi connectivity index (χ4n) is 2.14. The molecule has 0 aliphatic rings. The third-order valence-electron chi connectivity index (χ3n) is 3.41. The average molecular weight is 334 g/mol. The standard InChI is InChI=1S/C18H20ClNO3/c1-13(23-16-7-4-5-14(11-16)12-21)18(22)20-10-9-15-6-2-3-8-17(15)19/h2-8,11,13,21H,9-10,12H2,1H3,(H,20,22). The van der Waals surface area contributed by atoms with Crippen LogP contribution in [0.3, 0.4) is 0 Å². The molecule has 0 aliphatic heterocycles. The molecule has 0 bridgehead atoms. The van der Waals surface area contributed by atoms with Gasteiger partial charge in [-0.3, -0.25) is 4.79 Å². The van der Waals surface area contributed by atoms with E-state index in [0.717, 1.165) is 11.1 Å². The largest absolute Gasteiger partial charge is 0.481 e. The summed E-state index contributed by atoms with van der Waals surface area (Å²) in [6.07, 6.45) is 0.0492. The molecular formula is C18H20ClNO3. The van der Waals surface area contributed by atoms with Gasteiger partial charge in [0.25, 0.3) is 5.91 Å².